The third kappa shape index (κ3) is 4.30. The summed E-state index contributed by atoms with van der Waals surface area (Å²) < 4.78 is 41.4. The highest BCUT2D eigenvalue weighted by atomic mass is 31.1. The maximum absolute atomic E-state index is 13.8. The number of nitriles is 1. The number of anilines is 1. The summed E-state index contributed by atoms with van der Waals surface area (Å²) in [5.74, 6) is 0.703. The molecule has 6 nitrogen and oxygen atoms in total. The Morgan fingerprint density at radius 3 is 2.84 bits per heavy atom. The molecule has 1 aliphatic rings. The van der Waals surface area contributed by atoms with Crippen molar-refractivity contribution >= 4 is 30.7 Å². The van der Waals surface area contributed by atoms with E-state index in [1.165, 1.54) is 6.20 Å². The van der Waals surface area contributed by atoms with Crippen LogP contribution < -0.4 is 16.4 Å². The summed E-state index contributed by atoms with van der Waals surface area (Å²) in [6.07, 6.45) is 1.58. The van der Waals surface area contributed by atoms with Gasteiger partial charge in [0.15, 0.2) is 0 Å². The molecule has 0 amide bonds. The van der Waals surface area contributed by atoms with Gasteiger partial charge in [0.2, 0.25) is 5.95 Å². The molecule has 1 fully saturated rings. The summed E-state index contributed by atoms with van der Waals surface area (Å²) >= 11 is 0. The molecule has 4 rings (SSSR count). The van der Waals surface area contributed by atoms with Gasteiger partial charge in [-0.25, -0.2) is 9.97 Å². The van der Waals surface area contributed by atoms with Crippen LogP contribution in [-0.2, 0) is 6.18 Å². The molecule has 1 saturated carbocycles. The lowest BCUT2D eigenvalue weighted by Gasteiger charge is -2.16. The minimum Gasteiger partial charge on any atom is -0.360 e. The summed E-state index contributed by atoms with van der Waals surface area (Å²) in [5.41, 5.74) is 6.11. The van der Waals surface area contributed by atoms with Crippen LogP contribution in [0.25, 0.3) is 22.2 Å². The highest BCUT2D eigenvalue weighted by Gasteiger charge is 2.36. The molecule has 0 aliphatic heterocycles. The molecule has 1 aromatic carbocycles. The van der Waals surface area contributed by atoms with Crippen LogP contribution in [-0.4, -0.2) is 34.2 Å². The van der Waals surface area contributed by atoms with Gasteiger partial charge in [-0.15, -0.1) is 0 Å². The third-order valence-corrected chi connectivity index (χ3v) is 7.04. The average molecular weight is 460 g/mol. The highest BCUT2D eigenvalue weighted by Crippen LogP contribution is 2.39. The molecule has 2 aromatic heterocycles. The number of benzene rings is 1. The second-order valence-corrected chi connectivity index (χ2v) is 9.03. The monoisotopic (exact) mass is 460 g/mol. The maximum atomic E-state index is 13.8. The van der Waals surface area contributed by atoms with Gasteiger partial charge in [0, 0.05) is 34.7 Å². The predicted molar refractivity (Wildman–Crippen MR) is 121 cm³/mol. The normalized spacial score (nSPS) is 19.1. The lowest BCUT2D eigenvalue weighted by Crippen LogP contribution is -2.19. The number of alkyl halides is 3. The lowest BCUT2D eigenvalue weighted by molar-refractivity contribution is -0.137. The molecule has 2 heterocycles. The van der Waals surface area contributed by atoms with Gasteiger partial charge in [-0.3, -0.25) is 0 Å². The molecule has 0 bridgehead atoms. The molecular weight excluding hydrogens is 436 g/mol. The highest BCUT2D eigenvalue weighted by molar-refractivity contribution is 7.47. The second-order valence-electron chi connectivity index (χ2n) is 8.03. The number of nitrogens with one attached hydrogen (secondary N) is 2. The number of nitrogens with zero attached hydrogens (tertiary/aromatic N) is 3. The van der Waals surface area contributed by atoms with E-state index >= 15 is 0 Å². The second kappa shape index (κ2) is 9.05. The predicted octanol–water partition coefficient (Wildman–Crippen LogP) is 4.38. The summed E-state index contributed by atoms with van der Waals surface area (Å²) in [5, 5.41) is 14.0. The summed E-state index contributed by atoms with van der Waals surface area (Å²) in [6, 6.07) is 5.59. The first-order valence-corrected chi connectivity index (χ1v) is 12.0. The number of hydrogen-bond donors (Lipinski definition) is 3. The summed E-state index contributed by atoms with van der Waals surface area (Å²) in [7, 11) is 0.315. The molecule has 0 radical (unpaired) electrons. The van der Waals surface area contributed by atoms with E-state index in [4.69, 9.17) is 5.73 Å². The standard InChI is InChI=1S/C22H24F3N6P/c1-32-20-13(9-27)3-5-15-16(10-28-19(15)20)18-17(22(23,24)25)11-29-21(31-18)30-14-4-2-12(8-14)6-7-26/h3,5,10-12,14,28,32H,2,4,6-8,26H2,1H3,(H,29,30,31)/t12?,14-/m0/s1. The van der Waals surface area contributed by atoms with Gasteiger partial charge >= 0.3 is 6.18 Å². The third-order valence-electron chi connectivity index (χ3n) is 6.03. The van der Waals surface area contributed by atoms with Crippen LogP contribution in [0, 0.1) is 17.2 Å². The molecule has 1 aliphatic carbocycles. The van der Waals surface area contributed by atoms with E-state index in [-0.39, 0.29) is 17.7 Å². The van der Waals surface area contributed by atoms with E-state index in [2.05, 4.69) is 26.3 Å². The van der Waals surface area contributed by atoms with Crippen LogP contribution >= 0.6 is 8.58 Å². The molecule has 3 atom stereocenters. The Labute approximate surface area is 185 Å². The van der Waals surface area contributed by atoms with Crippen molar-refractivity contribution in [3.63, 3.8) is 0 Å². The van der Waals surface area contributed by atoms with Crippen molar-refractivity contribution < 1.29 is 13.2 Å². The van der Waals surface area contributed by atoms with Crippen LogP contribution in [0.4, 0.5) is 19.1 Å². The number of aromatic nitrogens is 3. The van der Waals surface area contributed by atoms with Crippen molar-refractivity contribution in [1.82, 2.24) is 15.0 Å². The largest absolute Gasteiger partial charge is 0.419 e. The Morgan fingerprint density at radius 2 is 2.16 bits per heavy atom. The van der Waals surface area contributed by atoms with E-state index in [0.717, 1.165) is 37.2 Å². The van der Waals surface area contributed by atoms with E-state index in [0.29, 0.717) is 43.1 Å². The first-order valence-electron chi connectivity index (χ1n) is 10.5. The lowest BCUT2D eigenvalue weighted by atomic mass is 10.0. The molecule has 2 unspecified atom stereocenters. The summed E-state index contributed by atoms with van der Waals surface area (Å²) in [4.78, 5) is 11.4. The number of H-pyrrole nitrogens is 1. The quantitative estimate of drug-likeness (QED) is 0.474. The van der Waals surface area contributed by atoms with Crippen LogP contribution in [0.15, 0.2) is 24.5 Å². The minimum absolute atomic E-state index is 0.116. The Balaban J connectivity index is 1.76. The van der Waals surface area contributed by atoms with Gasteiger partial charge in [-0.1, -0.05) is 14.6 Å². The molecule has 3 aromatic rings. The SMILES string of the molecule is CPc1c(C#N)ccc2c(-c3nc(N[C@H]4CCC(CCN)C4)ncc3C(F)(F)F)c[nH]c12. The Kier molecular flexibility index (Phi) is 6.36. The maximum Gasteiger partial charge on any atom is 0.419 e. The molecule has 168 valence electrons. The Bertz CT molecular complexity index is 1170. The average Bonchev–Trinajstić information content (AvgIpc) is 3.39. The van der Waals surface area contributed by atoms with Crippen molar-refractivity contribution in [3.8, 4) is 17.3 Å². The van der Waals surface area contributed by atoms with Crippen LogP contribution in [0.3, 0.4) is 0 Å². The molecule has 0 saturated heterocycles. The fourth-order valence-corrected chi connectivity index (χ4v) is 5.36. The van der Waals surface area contributed by atoms with Gasteiger partial charge in [0.05, 0.1) is 22.8 Å². The van der Waals surface area contributed by atoms with Crippen LogP contribution in [0.2, 0.25) is 0 Å². The van der Waals surface area contributed by atoms with Crippen molar-refractivity contribution in [3.05, 3.63) is 35.7 Å². The van der Waals surface area contributed by atoms with Crippen molar-refractivity contribution in [2.45, 2.75) is 37.9 Å². The Hall–Kier alpha value is -2.69. The molecule has 0 spiro atoms. The van der Waals surface area contributed by atoms with Gasteiger partial charge < -0.3 is 16.0 Å². The first kappa shape index (κ1) is 22.5. The Morgan fingerprint density at radius 1 is 1.34 bits per heavy atom. The van der Waals surface area contributed by atoms with Gasteiger partial charge in [-0.05, 0) is 50.9 Å². The number of rotatable bonds is 6. The number of fused-ring (bicyclic) bond motifs is 1. The smallest absolute Gasteiger partial charge is 0.360 e. The van der Waals surface area contributed by atoms with E-state index < -0.39 is 11.7 Å². The molecule has 4 N–H and O–H groups in total. The van der Waals surface area contributed by atoms with Crippen LogP contribution in [0.5, 0.6) is 0 Å². The van der Waals surface area contributed by atoms with Gasteiger partial charge in [-0.2, -0.15) is 18.4 Å². The molecule has 10 heteroatoms. The zero-order valence-corrected chi connectivity index (χ0v) is 18.6. The molecule has 32 heavy (non-hydrogen) atoms. The van der Waals surface area contributed by atoms with Gasteiger partial charge in [0.1, 0.15) is 5.56 Å². The van der Waals surface area contributed by atoms with Crippen molar-refractivity contribution in [2.24, 2.45) is 11.7 Å². The van der Waals surface area contributed by atoms with E-state index in [1.54, 1.807) is 12.1 Å². The van der Waals surface area contributed by atoms with E-state index in [1.807, 2.05) is 6.66 Å². The van der Waals surface area contributed by atoms with Crippen molar-refractivity contribution in [2.75, 3.05) is 18.5 Å². The number of aromatic amines is 1. The fourth-order valence-electron chi connectivity index (χ4n) is 4.50. The topological polar surface area (TPSA) is 103 Å². The van der Waals surface area contributed by atoms with Crippen LogP contribution in [0.1, 0.15) is 36.8 Å². The van der Waals surface area contributed by atoms with Gasteiger partial charge in [0.25, 0.3) is 0 Å². The minimum atomic E-state index is -4.60. The van der Waals surface area contributed by atoms with Crippen molar-refractivity contribution in [1.29, 1.82) is 5.26 Å². The van der Waals surface area contributed by atoms with E-state index in [9.17, 15) is 18.4 Å². The fraction of sp³-hybridized carbons (Fsp3) is 0.409. The summed E-state index contributed by atoms with van der Waals surface area (Å²) in [6.45, 7) is 2.57. The molecular formula is C22H24F3N6P. The zero-order valence-electron chi connectivity index (χ0n) is 17.6. The zero-order chi connectivity index (χ0) is 22.9. The first-order chi connectivity index (χ1) is 15.4. The number of nitrogens with two attached hydrogens (primary N) is 1. The number of hydrogen-bond acceptors (Lipinski definition) is 5. The number of halogens is 3.